The molecule has 100 valence electrons. The molecule has 0 bridgehead atoms. The lowest BCUT2D eigenvalue weighted by atomic mass is 10.1. The van der Waals surface area contributed by atoms with Crippen molar-refractivity contribution >= 4 is 0 Å². The maximum Gasteiger partial charge on any atom is 0.229 e. The zero-order valence-corrected chi connectivity index (χ0v) is 10.9. The Morgan fingerprint density at radius 3 is 2.94 bits per heavy atom. The Kier molecular flexibility index (Phi) is 3.32. The van der Waals surface area contributed by atoms with E-state index in [1.165, 1.54) is 12.8 Å². The van der Waals surface area contributed by atoms with Crippen LogP contribution in [0.25, 0.3) is 0 Å². The molecular formula is C12H21N5O. The molecule has 0 spiro atoms. The Morgan fingerprint density at radius 1 is 1.39 bits per heavy atom. The van der Waals surface area contributed by atoms with Gasteiger partial charge in [-0.25, -0.2) is 0 Å². The van der Waals surface area contributed by atoms with Crippen molar-refractivity contribution in [2.45, 2.75) is 31.3 Å². The predicted octanol–water partition coefficient (Wildman–Crippen LogP) is 0.0217. The second kappa shape index (κ2) is 4.95. The van der Waals surface area contributed by atoms with Gasteiger partial charge in [0.2, 0.25) is 5.89 Å². The summed E-state index contributed by atoms with van der Waals surface area (Å²) in [6, 6.07) is 0.395. The molecule has 1 aliphatic heterocycles. The number of hydrogen-bond donors (Lipinski definition) is 1. The number of rotatable bonds is 4. The molecule has 2 heterocycles. The Labute approximate surface area is 107 Å². The summed E-state index contributed by atoms with van der Waals surface area (Å²) in [6.45, 7) is 4.54. The Morgan fingerprint density at radius 2 is 2.22 bits per heavy atom. The number of nitrogens with zero attached hydrogens (tertiary/aromatic N) is 4. The van der Waals surface area contributed by atoms with E-state index in [9.17, 15) is 0 Å². The first kappa shape index (κ1) is 12.1. The molecule has 2 fully saturated rings. The standard InChI is InChI=1S/C12H21N5O/c1-16-4-5-17(10(6-13)7-16)8-11-14-12(18-15-11)9-2-3-9/h9-10H,2-8,13H2,1H3. The molecule has 3 rings (SSSR count). The van der Waals surface area contributed by atoms with Gasteiger partial charge in [0.15, 0.2) is 5.82 Å². The van der Waals surface area contributed by atoms with Gasteiger partial charge in [-0.05, 0) is 19.9 Å². The summed E-state index contributed by atoms with van der Waals surface area (Å²) in [5.41, 5.74) is 5.84. The lowest BCUT2D eigenvalue weighted by Gasteiger charge is -2.38. The van der Waals surface area contributed by atoms with Crippen LogP contribution in [0.4, 0.5) is 0 Å². The van der Waals surface area contributed by atoms with Crippen LogP contribution in [-0.4, -0.2) is 59.2 Å². The minimum Gasteiger partial charge on any atom is -0.339 e. The third-order valence-electron chi connectivity index (χ3n) is 3.83. The van der Waals surface area contributed by atoms with Gasteiger partial charge in [0, 0.05) is 38.1 Å². The average molecular weight is 251 g/mol. The van der Waals surface area contributed by atoms with Crippen LogP contribution in [-0.2, 0) is 6.54 Å². The monoisotopic (exact) mass is 251 g/mol. The minimum absolute atomic E-state index is 0.395. The summed E-state index contributed by atoms with van der Waals surface area (Å²) in [4.78, 5) is 9.16. The molecule has 0 radical (unpaired) electrons. The van der Waals surface area contributed by atoms with Gasteiger partial charge in [0.05, 0.1) is 6.54 Å². The zero-order chi connectivity index (χ0) is 12.5. The van der Waals surface area contributed by atoms with E-state index in [-0.39, 0.29) is 0 Å². The largest absolute Gasteiger partial charge is 0.339 e. The molecule has 1 atom stereocenters. The van der Waals surface area contributed by atoms with Gasteiger partial charge in [-0.15, -0.1) is 0 Å². The first-order chi connectivity index (χ1) is 8.76. The van der Waals surface area contributed by atoms with Gasteiger partial charge in [0.1, 0.15) is 0 Å². The molecular weight excluding hydrogens is 230 g/mol. The Bertz CT molecular complexity index is 403. The number of nitrogens with two attached hydrogens (primary N) is 1. The second-order valence-corrected chi connectivity index (χ2v) is 5.45. The Hall–Kier alpha value is -0.980. The third-order valence-corrected chi connectivity index (χ3v) is 3.83. The highest BCUT2D eigenvalue weighted by molar-refractivity contribution is 5.02. The summed E-state index contributed by atoms with van der Waals surface area (Å²) in [7, 11) is 2.14. The van der Waals surface area contributed by atoms with Crippen LogP contribution >= 0.6 is 0 Å². The first-order valence-corrected chi connectivity index (χ1v) is 6.71. The molecule has 1 aromatic rings. The van der Waals surface area contributed by atoms with Gasteiger partial charge in [-0.3, -0.25) is 4.90 Å². The molecule has 2 N–H and O–H groups in total. The minimum atomic E-state index is 0.395. The molecule has 1 saturated heterocycles. The van der Waals surface area contributed by atoms with E-state index in [2.05, 4.69) is 27.0 Å². The average Bonchev–Trinajstić information content (AvgIpc) is 3.12. The molecule has 2 aliphatic rings. The molecule has 0 aromatic carbocycles. The third kappa shape index (κ3) is 2.55. The van der Waals surface area contributed by atoms with Gasteiger partial charge in [0.25, 0.3) is 0 Å². The smallest absolute Gasteiger partial charge is 0.229 e. The van der Waals surface area contributed by atoms with Crippen LogP contribution in [0.1, 0.15) is 30.5 Å². The van der Waals surface area contributed by atoms with Gasteiger partial charge in [-0.1, -0.05) is 5.16 Å². The van der Waals surface area contributed by atoms with Crippen molar-refractivity contribution in [2.24, 2.45) is 5.73 Å². The van der Waals surface area contributed by atoms with Crippen molar-refractivity contribution in [3.63, 3.8) is 0 Å². The number of piperazine rings is 1. The molecule has 6 heteroatoms. The predicted molar refractivity (Wildman–Crippen MR) is 67.0 cm³/mol. The molecule has 18 heavy (non-hydrogen) atoms. The first-order valence-electron chi connectivity index (χ1n) is 6.71. The molecule has 1 unspecified atom stereocenters. The zero-order valence-electron chi connectivity index (χ0n) is 10.9. The fraction of sp³-hybridized carbons (Fsp3) is 0.833. The number of likely N-dealkylation sites (N-methyl/N-ethyl adjacent to an activating group) is 1. The topological polar surface area (TPSA) is 71.4 Å². The van der Waals surface area contributed by atoms with Crippen LogP contribution < -0.4 is 5.73 Å². The molecule has 1 saturated carbocycles. The lowest BCUT2D eigenvalue weighted by Crippen LogP contribution is -2.54. The van der Waals surface area contributed by atoms with Crippen molar-refractivity contribution in [3.8, 4) is 0 Å². The highest BCUT2D eigenvalue weighted by atomic mass is 16.5. The van der Waals surface area contributed by atoms with Crippen molar-refractivity contribution < 1.29 is 4.52 Å². The maximum absolute atomic E-state index is 5.84. The number of aromatic nitrogens is 2. The summed E-state index contributed by atoms with van der Waals surface area (Å²) >= 11 is 0. The van der Waals surface area contributed by atoms with Crippen LogP contribution in [0, 0.1) is 0 Å². The lowest BCUT2D eigenvalue weighted by molar-refractivity contribution is 0.0851. The SMILES string of the molecule is CN1CCN(Cc2noc(C3CC3)n2)C(CN)C1. The van der Waals surface area contributed by atoms with E-state index in [1.54, 1.807) is 0 Å². The van der Waals surface area contributed by atoms with Gasteiger partial charge in [-0.2, -0.15) is 4.98 Å². The van der Waals surface area contributed by atoms with Crippen LogP contribution in [0.3, 0.4) is 0 Å². The number of hydrogen-bond acceptors (Lipinski definition) is 6. The summed E-state index contributed by atoms with van der Waals surface area (Å²) in [6.07, 6.45) is 2.39. The van der Waals surface area contributed by atoms with E-state index >= 15 is 0 Å². The molecule has 6 nitrogen and oxygen atoms in total. The van der Waals surface area contributed by atoms with E-state index in [4.69, 9.17) is 10.3 Å². The fourth-order valence-corrected chi connectivity index (χ4v) is 2.49. The fourth-order valence-electron chi connectivity index (χ4n) is 2.49. The van der Waals surface area contributed by atoms with E-state index < -0.39 is 0 Å². The van der Waals surface area contributed by atoms with Gasteiger partial charge >= 0.3 is 0 Å². The quantitative estimate of drug-likeness (QED) is 0.813. The highest BCUT2D eigenvalue weighted by Crippen LogP contribution is 2.38. The summed E-state index contributed by atoms with van der Waals surface area (Å²) in [5.74, 6) is 2.16. The second-order valence-electron chi connectivity index (χ2n) is 5.45. The van der Waals surface area contributed by atoms with E-state index in [1.807, 2.05) is 0 Å². The van der Waals surface area contributed by atoms with Crippen LogP contribution in [0.2, 0.25) is 0 Å². The van der Waals surface area contributed by atoms with Crippen LogP contribution in [0.15, 0.2) is 4.52 Å². The molecule has 0 amide bonds. The molecule has 1 aromatic heterocycles. The van der Waals surface area contributed by atoms with Crippen molar-refractivity contribution in [1.82, 2.24) is 19.9 Å². The van der Waals surface area contributed by atoms with E-state index in [0.29, 0.717) is 18.5 Å². The summed E-state index contributed by atoms with van der Waals surface area (Å²) < 4.78 is 5.29. The van der Waals surface area contributed by atoms with Crippen LogP contribution in [0.5, 0.6) is 0 Å². The van der Waals surface area contributed by atoms with Crippen molar-refractivity contribution in [2.75, 3.05) is 33.2 Å². The maximum atomic E-state index is 5.84. The summed E-state index contributed by atoms with van der Waals surface area (Å²) in [5, 5.41) is 4.08. The normalized spacial score (nSPS) is 26.7. The van der Waals surface area contributed by atoms with Gasteiger partial charge < -0.3 is 15.2 Å². The van der Waals surface area contributed by atoms with Crippen molar-refractivity contribution in [1.29, 1.82) is 0 Å². The highest BCUT2D eigenvalue weighted by Gasteiger charge is 2.30. The molecule has 1 aliphatic carbocycles. The van der Waals surface area contributed by atoms with Crippen molar-refractivity contribution in [3.05, 3.63) is 11.7 Å². The van der Waals surface area contributed by atoms with E-state index in [0.717, 1.165) is 37.9 Å². The Balaban J connectivity index is 1.62.